The van der Waals surface area contributed by atoms with Gasteiger partial charge in [-0.1, -0.05) is 6.92 Å². The lowest BCUT2D eigenvalue weighted by molar-refractivity contribution is 0.659. The molecule has 2 rings (SSSR count). The molecule has 0 spiro atoms. The van der Waals surface area contributed by atoms with Gasteiger partial charge in [0.1, 0.15) is 5.69 Å². The topological polar surface area (TPSA) is 69.6 Å². The standard InChI is InChI=1S/C8H11N5.2ClH/c1-2-3-13-5-10-4-6-7(13)12-8(9)11-6;;/h4-5H,2-3H2,1H3,(H2,9,11);2*1H. The highest BCUT2D eigenvalue weighted by atomic mass is 35.5. The Hall–Kier alpha value is -1.07. The molecule has 2 aliphatic rings. The molecule has 0 unspecified atom stereocenters. The van der Waals surface area contributed by atoms with E-state index < -0.39 is 0 Å². The number of aromatic nitrogens is 4. The molecule has 0 saturated carbocycles. The summed E-state index contributed by atoms with van der Waals surface area (Å²) in [7, 11) is 0. The molecule has 0 aromatic heterocycles. The van der Waals surface area contributed by atoms with Crippen molar-refractivity contribution in [3.05, 3.63) is 12.5 Å². The van der Waals surface area contributed by atoms with E-state index in [9.17, 15) is 0 Å². The zero-order valence-electron chi connectivity index (χ0n) is 8.25. The van der Waals surface area contributed by atoms with E-state index in [2.05, 4.69) is 21.9 Å². The fourth-order valence-corrected chi connectivity index (χ4v) is 1.31. The van der Waals surface area contributed by atoms with Crippen LogP contribution in [0.25, 0.3) is 11.5 Å². The van der Waals surface area contributed by atoms with Crippen molar-refractivity contribution in [2.24, 2.45) is 0 Å². The van der Waals surface area contributed by atoms with Gasteiger partial charge in [-0.15, -0.1) is 24.8 Å². The SMILES string of the molecule is CCCn1cncc2nc(N)nc1-2.Cl.Cl. The quantitative estimate of drug-likeness (QED) is 0.879. The number of hydrogen-bond acceptors (Lipinski definition) is 4. The van der Waals surface area contributed by atoms with Crippen molar-refractivity contribution in [3.8, 4) is 11.5 Å². The van der Waals surface area contributed by atoms with Gasteiger partial charge in [-0.25, -0.2) is 9.97 Å². The van der Waals surface area contributed by atoms with E-state index in [1.54, 1.807) is 12.5 Å². The van der Waals surface area contributed by atoms with Crippen LogP contribution in [0.5, 0.6) is 0 Å². The lowest BCUT2D eigenvalue weighted by Gasteiger charge is -2.06. The van der Waals surface area contributed by atoms with Crippen molar-refractivity contribution >= 4 is 30.8 Å². The maximum Gasteiger partial charge on any atom is 0.222 e. The summed E-state index contributed by atoms with van der Waals surface area (Å²) in [6.07, 6.45) is 4.46. The predicted octanol–water partition coefficient (Wildman–Crippen LogP) is 1.61. The van der Waals surface area contributed by atoms with Gasteiger partial charge in [0.25, 0.3) is 0 Å². The van der Waals surface area contributed by atoms with Crippen molar-refractivity contribution in [2.75, 3.05) is 5.73 Å². The van der Waals surface area contributed by atoms with Crippen LogP contribution in [0.1, 0.15) is 13.3 Å². The predicted molar refractivity (Wildman–Crippen MR) is 63.6 cm³/mol. The molecule has 7 heteroatoms. The van der Waals surface area contributed by atoms with Gasteiger partial charge in [0.2, 0.25) is 5.95 Å². The molecule has 84 valence electrons. The molecule has 5 nitrogen and oxygen atoms in total. The zero-order valence-corrected chi connectivity index (χ0v) is 9.88. The van der Waals surface area contributed by atoms with Crippen LogP contribution in [-0.4, -0.2) is 19.5 Å². The van der Waals surface area contributed by atoms with Gasteiger partial charge in [0.15, 0.2) is 5.82 Å². The van der Waals surface area contributed by atoms with Crippen LogP contribution in [0, 0.1) is 0 Å². The lowest BCUT2D eigenvalue weighted by atomic mass is 10.4. The van der Waals surface area contributed by atoms with E-state index in [1.807, 2.05) is 4.57 Å². The van der Waals surface area contributed by atoms with E-state index in [0.717, 1.165) is 24.5 Å². The molecule has 0 saturated heterocycles. The second-order valence-corrected chi connectivity index (χ2v) is 2.88. The Morgan fingerprint density at radius 2 is 2.07 bits per heavy atom. The molecular formula is C8H13Cl2N5. The number of nitrogens with zero attached hydrogens (tertiary/aromatic N) is 4. The van der Waals surface area contributed by atoms with E-state index in [0.29, 0.717) is 5.95 Å². The number of imidazole rings is 1. The fourth-order valence-electron chi connectivity index (χ4n) is 1.31. The van der Waals surface area contributed by atoms with Gasteiger partial charge in [-0.2, -0.15) is 4.98 Å². The highest BCUT2D eigenvalue weighted by molar-refractivity contribution is 5.85. The average molecular weight is 250 g/mol. The molecule has 2 heterocycles. The Labute approximate surface area is 100 Å². The molecular weight excluding hydrogens is 237 g/mol. The van der Waals surface area contributed by atoms with E-state index in [4.69, 9.17) is 5.73 Å². The summed E-state index contributed by atoms with van der Waals surface area (Å²) in [6.45, 7) is 2.99. The van der Waals surface area contributed by atoms with Crippen LogP contribution >= 0.6 is 24.8 Å². The van der Waals surface area contributed by atoms with Crippen molar-refractivity contribution < 1.29 is 0 Å². The minimum absolute atomic E-state index is 0. The zero-order chi connectivity index (χ0) is 9.26. The average Bonchev–Trinajstić information content (AvgIpc) is 2.47. The largest absolute Gasteiger partial charge is 0.368 e. The van der Waals surface area contributed by atoms with Crippen LogP contribution in [0.15, 0.2) is 12.5 Å². The Bertz CT molecular complexity index is 389. The van der Waals surface area contributed by atoms with Gasteiger partial charge < -0.3 is 10.3 Å². The van der Waals surface area contributed by atoms with Crippen molar-refractivity contribution in [1.82, 2.24) is 19.5 Å². The minimum atomic E-state index is 0. The Kier molecular flexibility index (Phi) is 5.32. The van der Waals surface area contributed by atoms with Gasteiger partial charge in [0.05, 0.1) is 12.5 Å². The third-order valence-corrected chi connectivity index (χ3v) is 1.82. The third-order valence-electron chi connectivity index (χ3n) is 1.82. The number of hydrogen-bond donors (Lipinski definition) is 1. The molecule has 0 bridgehead atoms. The maximum atomic E-state index is 5.49. The molecule has 0 atom stereocenters. The number of fused-ring (bicyclic) bond motifs is 1. The smallest absolute Gasteiger partial charge is 0.222 e. The third kappa shape index (κ3) is 2.70. The van der Waals surface area contributed by atoms with Crippen molar-refractivity contribution in [2.45, 2.75) is 19.9 Å². The highest BCUT2D eigenvalue weighted by Crippen LogP contribution is 2.17. The van der Waals surface area contributed by atoms with Crippen LogP contribution < -0.4 is 5.73 Å². The summed E-state index contributed by atoms with van der Waals surface area (Å²) in [5, 5.41) is 0. The molecule has 0 aromatic rings. The number of nitrogens with two attached hydrogens (primary N) is 1. The van der Waals surface area contributed by atoms with E-state index in [-0.39, 0.29) is 24.8 Å². The fraction of sp³-hybridized carbons (Fsp3) is 0.375. The van der Waals surface area contributed by atoms with Crippen LogP contribution in [0.3, 0.4) is 0 Å². The second-order valence-electron chi connectivity index (χ2n) is 2.88. The molecule has 2 aliphatic heterocycles. The first-order valence-corrected chi connectivity index (χ1v) is 4.24. The molecule has 15 heavy (non-hydrogen) atoms. The summed E-state index contributed by atoms with van der Waals surface area (Å²) in [5.41, 5.74) is 6.25. The molecule has 0 amide bonds. The molecule has 0 fully saturated rings. The number of rotatable bonds is 2. The van der Waals surface area contributed by atoms with E-state index >= 15 is 0 Å². The Morgan fingerprint density at radius 3 is 2.73 bits per heavy atom. The Morgan fingerprint density at radius 1 is 1.33 bits per heavy atom. The maximum absolute atomic E-state index is 5.49. The monoisotopic (exact) mass is 249 g/mol. The summed E-state index contributed by atoms with van der Waals surface area (Å²) >= 11 is 0. The van der Waals surface area contributed by atoms with Crippen LogP contribution in [-0.2, 0) is 6.54 Å². The van der Waals surface area contributed by atoms with E-state index in [1.165, 1.54) is 0 Å². The number of anilines is 1. The number of halogens is 2. The minimum Gasteiger partial charge on any atom is -0.368 e. The first-order chi connectivity index (χ1) is 6.31. The lowest BCUT2D eigenvalue weighted by Crippen LogP contribution is -2.04. The highest BCUT2D eigenvalue weighted by Gasteiger charge is 2.11. The normalized spacial score (nSPS) is 9.40. The van der Waals surface area contributed by atoms with Gasteiger partial charge in [0, 0.05) is 6.54 Å². The first-order valence-electron chi connectivity index (χ1n) is 4.24. The number of nitrogen functional groups attached to an aromatic ring is 1. The molecule has 0 aromatic carbocycles. The van der Waals surface area contributed by atoms with Gasteiger partial charge >= 0.3 is 0 Å². The first kappa shape index (κ1) is 13.9. The van der Waals surface area contributed by atoms with Crippen molar-refractivity contribution in [1.29, 1.82) is 0 Å². The molecule has 2 N–H and O–H groups in total. The summed E-state index contributed by atoms with van der Waals surface area (Å²) in [5.74, 6) is 1.13. The molecule has 0 radical (unpaired) electrons. The van der Waals surface area contributed by atoms with Crippen LogP contribution in [0.4, 0.5) is 5.95 Å². The summed E-state index contributed by atoms with van der Waals surface area (Å²) in [4.78, 5) is 12.2. The van der Waals surface area contributed by atoms with Gasteiger partial charge in [-0.05, 0) is 6.42 Å². The summed E-state index contributed by atoms with van der Waals surface area (Å²) < 4.78 is 1.96. The molecule has 0 aliphatic carbocycles. The summed E-state index contributed by atoms with van der Waals surface area (Å²) in [6, 6.07) is 0. The Balaban J connectivity index is 0.000000980. The van der Waals surface area contributed by atoms with Crippen LogP contribution in [0.2, 0.25) is 0 Å². The van der Waals surface area contributed by atoms with Crippen molar-refractivity contribution in [3.63, 3.8) is 0 Å². The second kappa shape index (κ2) is 5.72. The van der Waals surface area contributed by atoms with Gasteiger partial charge in [-0.3, -0.25) is 0 Å². The number of aryl methyl sites for hydroxylation is 1.